The Bertz CT molecular complexity index is 465. The van der Waals surface area contributed by atoms with Crippen LogP contribution in [0.3, 0.4) is 0 Å². The number of hydrogen-bond donors (Lipinski definition) is 0. The van der Waals surface area contributed by atoms with Gasteiger partial charge in [-0.25, -0.2) is 0 Å². The Labute approximate surface area is 254 Å². The van der Waals surface area contributed by atoms with Gasteiger partial charge < -0.3 is 17.8 Å². The molecule has 0 heterocycles. The summed E-state index contributed by atoms with van der Waals surface area (Å²) in [5.41, 5.74) is 0. The quantitative estimate of drug-likeness (QED) is 0.0435. The van der Waals surface area contributed by atoms with Gasteiger partial charge in [-0.05, 0) is 25.7 Å². The van der Waals surface area contributed by atoms with Gasteiger partial charge in [0.15, 0.2) is 0 Å². The number of nitrogens with zero attached hydrogens (tertiary/aromatic N) is 1. The molecule has 242 valence electrons. The first kappa shape index (κ1) is 40.1. The zero-order chi connectivity index (χ0) is 29.6. The predicted octanol–water partition coefficient (Wildman–Crippen LogP) is 11.1. The summed E-state index contributed by atoms with van der Waals surface area (Å²) in [5, 5.41) is 0. The van der Waals surface area contributed by atoms with Crippen LogP contribution in [0.2, 0.25) is 6.04 Å². The molecule has 0 aliphatic heterocycles. The third-order valence-corrected chi connectivity index (χ3v) is 12.0. The Morgan fingerprint density at radius 2 is 0.625 bits per heavy atom. The van der Waals surface area contributed by atoms with Crippen molar-refractivity contribution < 1.29 is 17.8 Å². The molecule has 0 spiro atoms. The minimum absolute atomic E-state index is 0.918. The van der Waals surface area contributed by atoms with E-state index in [2.05, 4.69) is 20.9 Å². The highest BCUT2D eigenvalue weighted by molar-refractivity contribution is 6.60. The molecule has 0 saturated heterocycles. The van der Waals surface area contributed by atoms with Gasteiger partial charge in [0.25, 0.3) is 0 Å². The first-order valence-electron chi connectivity index (χ1n) is 18.0. The molecule has 5 heteroatoms. The van der Waals surface area contributed by atoms with Crippen LogP contribution in [0.1, 0.15) is 174 Å². The number of quaternary nitrogens is 1. The summed E-state index contributed by atoms with van der Waals surface area (Å²) >= 11 is 0. The lowest BCUT2D eigenvalue weighted by Crippen LogP contribution is -2.48. The van der Waals surface area contributed by atoms with Crippen molar-refractivity contribution in [3.05, 3.63) is 0 Å². The van der Waals surface area contributed by atoms with Crippen LogP contribution >= 0.6 is 0 Å². The van der Waals surface area contributed by atoms with E-state index in [0.29, 0.717) is 0 Å². The maximum absolute atomic E-state index is 5.69. The number of hydrogen-bond acceptors (Lipinski definition) is 3. The summed E-state index contributed by atoms with van der Waals surface area (Å²) in [4.78, 5) is 0. The summed E-state index contributed by atoms with van der Waals surface area (Å²) in [6.45, 7) is 8.45. The van der Waals surface area contributed by atoms with Crippen LogP contribution in [0, 0.1) is 0 Å². The fourth-order valence-corrected chi connectivity index (χ4v) is 7.94. The molecule has 0 saturated carbocycles. The number of rotatable bonds is 33. The molecule has 0 fully saturated rings. The molecule has 4 nitrogen and oxygen atoms in total. The van der Waals surface area contributed by atoms with E-state index < -0.39 is 8.80 Å². The van der Waals surface area contributed by atoms with E-state index in [4.69, 9.17) is 13.3 Å². The summed E-state index contributed by atoms with van der Waals surface area (Å²) in [7, 11) is 5.27. The van der Waals surface area contributed by atoms with Crippen LogP contribution in [-0.4, -0.2) is 61.3 Å². The Balaban J connectivity index is 4.23. The van der Waals surface area contributed by atoms with Gasteiger partial charge in [-0.2, -0.15) is 0 Å². The van der Waals surface area contributed by atoms with Crippen molar-refractivity contribution in [2.75, 3.05) is 48.0 Å². The topological polar surface area (TPSA) is 27.7 Å². The van der Waals surface area contributed by atoms with Gasteiger partial charge in [-0.15, -0.1) is 0 Å². The molecule has 0 atom stereocenters. The second-order valence-corrected chi connectivity index (χ2v) is 16.1. The summed E-state index contributed by atoms with van der Waals surface area (Å²) < 4.78 is 18.3. The molecule has 0 rings (SSSR count). The zero-order valence-corrected chi connectivity index (χ0v) is 29.7. The van der Waals surface area contributed by atoms with Crippen LogP contribution in [0.15, 0.2) is 0 Å². The predicted molar refractivity (Wildman–Crippen MR) is 179 cm³/mol. The lowest BCUT2D eigenvalue weighted by molar-refractivity contribution is -0.910. The van der Waals surface area contributed by atoms with Gasteiger partial charge in [0.05, 0.1) is 26.7 Å². The van der Waals surface area contributed by atoms with Crippen molar-refractivity contribution in [2.24, 2.45) is 0 Å². The first-order valence-corrected chi connectivity index (χ1v) is 19.9. The summed E-state index contributed by atoms with van der Waals surface area (Å²) in [6, 6.07) is 0.918. The lowest BCUT2D eigenvalue weighted by atomic mass is 10.0. The van der Waals surface area contributed by atoms with Crippen molar-refractivity contribution in [3.8, 4) is 0 Å². The van der Waals surface area contributed by atoms with Gasteiger partial charge in [0.1, 0.15) is 0 Å². The van der Waals surface area contributed by atoms with Gasteiger partial charge in [-0.3, -0.25) is 0 Å². The minimum Gasteiger partial charge on any atom is -0.377 e. The normalized spacial score (nSPS) is 12.4. The Kier molecular flexibility index (Phi) is 29.2. The Hall–Kier alpha value is 0.0569. The van der Waals surface area contributed by atoms with E-state index in [-0.39, 0.29) is 0 Å². The zero-order valence-electron chi connectivity index (χ0n) is 28.7. The highest BCUT2D eigenvalue weighted by Gasteiger charge is 2.38. The second-order valence-electron chi connectivity index (χ2n) is 13.0. The fourth-order valence-electron chi connectivity index (χ4n) is 6.24. The van der Waals surface area contributed by atoms with Crippen LogP contribution < -0.4 is 0 Å². The summed E-state index contributed by atoms with van der Waals surface area (Å²) in [5.74, 6) is 0. The highest BCUT2D eigenvalue weighted by atomic mass is 28.4. The Morgan fingerprint density at radius 3 is 0.900 bits per heavy atom. The third kappa shape index (κ3) is 23.6. The highest BCUT2D eigenvalue weighted by Crippen LogP contribution is 2.20. The Morgan fingerprint density at radius 1 is 0.375 bits per heavy atom. The van der Waals surface area contributed by atoms with Gasteiger partial charge in [0.2, 0.25) is 0 Å². The van der Waals surface area contributed by atoms with E-state index in [0.717, 1.165) is 12.5 Å². The molecule has 0 radical (unpaired) electrons. The molecule has 0 aliphatic rings. The molecule has 0 unspecified atom stereocenters. The standard InChI is InChI=1S/C35H76NO3Si/c1-7-9-11-13-15-17-19-21-23-25-27-29-32-36(3,34-31-35-40(37-4,38-5)39-6)33-30-28-26-24-22-20-18-16-14-12-10-8-2/h7-35H2,1-6H3/q+1. The maximum Gasteiger partial charge on any atom is 0.500 e. The van der Waals surface area contributed by atoms with E-state index in [1.807, 2.05) is 0 Å². The number of unbranched alkanes of at least 4 members (excludes halogenated alkanes) is 22. The van der Waals surface area contributed by atoms with Crippen LogP contribution in [0.25, 0.3) is 0 Å². The van der Waals surface area contributed by atoms with Gasteiger partial charge in [0, 0.05) is 33.8 Å². The largest absolute Gasteiger partial charge is 0.500 e. The molecule has 0 aromatic rings. The summed E-state index contributed by atoms with van der Waals surface area (Å²) in [6.07, 6.45) is 35.3. The van der Waals surface area contributed by atoms with Crippen molar-refractivity contribution in [3.63, 3.8) is 0 Å². The van der Waals surface area contributed by atoms with Gasteiger partial charge in [-0.1, -0.05) is 142 Å². The average molecular weight is 587 g/mol. The SMILES string of the molecule is CCCCCCCCCCCCCC[N+](C)(CCCCCCCCCCCCCC)CCC[Si](OC)(OC)OC. The first-order chi connectivity index (χ1) is 19.5. The average Bonchev–Trinajstić information content (AvgIpc) is 2.97. The van der Waals surface area contributed by atoms with Crippen molar-refractivity contribution in [2.45, 2.75) is 180 Å². The monoisotopic (exact) mass is 587 g/mol. The lowest BCUT2D eigenvalue weighted by Gasteiger charge is -2.36. The molecule has 0 amide bonds. The van der Waals surface area contributed by atoms with Crippen LogP contribution in [0.4, 0.5) is 0 Å². The minimum atomic E-state index is -2.47. The molecule has 40 heavy (non-hydrogen) atoms. The molecule has 0 N–H and O–H groups in total. The van der Waals surface area contributed by atoms with E-state index in [9.17, 15) is 0 Å². The maximum atomic E-state index is 5.69. The van der Waals surface area contributed by atoms with Crippen LogP contribution in [0.5, 0.6) is 0 Å². The molecular formula is C35H76NO3Si+. The second kappa shape index (κ2) is 29.1. The third-order valence-electron chi connectivity index (χ3n) is 9.22. The van der Waals surface area contributed by atoms with Gasteiger partial charge >= 0.3 is 8.80 Å². The molecule has 0 bridgehead atoms. The van der Waals surface area contributed by atoms with Crippen molar-refractivity contribution in [1.82, 2.24) is 0 Å². The molecular weight excluding hydrogens is 510 g/mol. The van der Waals surface area contributed by atoms with E-state index in [1.54, 1.807) is 21.3 Å². The smallest absolute Gasteiger partial charge is 0.377 e. The van der Waals surface area contributed by atoms with Crippen LogP contribution in [-0.2, 0) is 13.3 Å². The van der Waals surface area contributed by atoms with E-state index in [1.165, 1.54) is 178 Å². The molecule has 0 aliphatic carbocycles. The fraction of sp³-hybridized carbons (Fsp3) is 1.00. The van der Waals surface area contributed by atoms with Crippen molar-refractivity contribution in [1.29, 1.82) is 0 Å². The molecule has 0 aromatic carbocycles. The van der Waals surface area contributed by atoms with E-state index >= 15 is 0 Å². The molecule has 0 aromatic heterocycles. The van der Waals surface area contributed by atoms with Crippen molar-refractivity contribution >= 4 is 8.80 Å².